The van der Waals surface area contributed by atoms with E-state index in [1.54, 1.807) is 35.3 Å². The number of carbonyl (C=O) groups excluding carboxylic acids is 1. The van der Waals surface area contributed by atoms with Crippen molar-refractivity contribution >= 4 is 29.4 Å². The van der Waals surface area contributed by atoms with Crippen LogP contribution in [0.25, 0.3) is 6.08 Å². The average Bonchev–Trinajstić information content (AvgIpc) is 3.25. The van der Waals surface area contributed by atoms with E-state index < -0.39 is 0 Å². The number of amides is 1. The van der Waals surface area contributed by atoms with Gasteiger partial charge in [-0.15, -0.1) is 5.10 Å². The summed E-state index contributed by atoms with van der Waals surface area (Å²) in [7, 11) is 0. The minimum Gasteiger partial charge on any atom is -0.483 e. The minimum atomic E-state index is -0.301. The van der Waals surface area contributed by atoms with Crippen LogP contribution in [0.15, 0.2) is 85.2 Å². The van der Waals surface area contributed by atoms with Crippen molar-refractivity contribution < 1.29 is 9.53 Å². The molecular weight excluding hydrogens is 426 g/mol. The molecule has 2 heterocycles. The number of hydrogen-bond donors (Lipinski definition) is 1. The van der Waals surface area contributed by atoms with Crippen LogP contribution in [0.1, 0.15) is 16.8 Å². The summed E-state index contributed by atoms with van der Waals surface area (Å²) in [5, 5.41) is 11.7. The zero-order valence-corrected chi connectivity index (χ0v) is 17.8. The van der Waals surface area contributed by atoms with Crippen LogP contribution in [0.3, 0.4) is 0 Å². The number of ether oxygens (including phenoxy) is 1. The molecule has 0 fully saturated rings. The Hall–Kier alpha value is -3.97. The number of nitrogens with one attached hydrogen (secondary N) is 1. The zero-order valence-electron chi connectivity index (χ0n) is 17.1. The van der Waals surface area contributed by atoms with E-state index in [2.05, 4.69) is 20.6 Å². The highest BCUT2D eigenvalue weighted by Crippen LogP contribution is 2.22. The largest absolute Gasteiger partial charge is 0.483 e. The van der Waals surface area contributed by atoms with E-state index in [-0.39, 0.29) is 12.5 Å². The first-order chi connectivity index (χ1) is 15.7. The van der Waals surface area contributed by atoms with Crippen molar-refractivity contribution in [3.63, 3.8) is 0 Å². The van der Waals surface area contributed by atoms with Gasteiger partial charge in [-0.1, -0.05) is 59.3 Å². The maximum absolute atomic E-state index is 12.3. The van der Waals surface area contributed by atoms with Gasteiger partial charge in [0.05, 0.1) is 12.7 Å². The molecule has 4 rings (SSSR count). The molecule has 0 aliphatic heterocycles. The van der Waals surface area contributed by atoms with Gasteiger partial charge in [-0.2, -0.15) is 0 Å². The number of rotatable bonds is 8. The molecule has 8 heteroatoms. The van der Waals surface area contributed by atoms with Gasteiger partial charge in [0.2, 0.25) is 5.91 Å². The molecule has 0 saturated carbocycles. The lowest BCUT2D eigenvalue weighted by atomic mass is 10.2. The highest BCUT2D eigenvalue weighted by atomic mass is 35.5. The van der Waals surface area contributed by atoms with Crippen molar-refractivity contribution in [1.82, 2.24) is 20.0 Å². The fraction of sp³-hybridized carbons (Fsp3) is 0.0833. The van der Waals surface area contributed by atoms with Crippen molar-refractivity contribution in [1.29, 1.82) is 0 Å². The normalized spacial score (nSPS) is 10.9. The van der Waals surface area contributed by atoms with E-state index in [0.717, 1.165) is 11.1 Å². The van der Waals surface area contributed by atoms with Gasteiger partial charge in [0.1, 0.15) is 12.3 Å². The van der Waals surface area contributed by atoms with E-state index in [9.17, 15) is 4.79 Å². The third-order valence-corrected chi connectivity index (χ3v) is 4.67. The fourth-order valence-corrected chi connectivity index (χ4v) is 3.16. The molecular formula is C24H20ClN5O2. The van der Waals surface area contributed by atoms with Gasteiger partial charge < -0.3 is 10.1 Å². The molecule has 0 unspecified atom stereocenters. The van der Waals surface area contributed by atoms with Crippen molar-refractivity contribution in [2.75, 3.05) is 5.32 Å². The van der Waals surface area contributed by atoms with Crippen molar-refractivity contribution in [2.24, 2.45) is 0 Å². The maximum Gasteiger partial charge on any atom is 0.249 e. The lowest BCUT2D eigenvalue weighted by molar-refractivity contribution is -0.111. The molecule has 160 valence electrons. The summed E-state index contributed by atoms with van der Waals surface area (Å²) in [5.41, 5.74) is 2.61. The van der Waals surface area contributed by atoms with E-state index in [1.165, 1.54) is 6.08 Å². The molecule has 32 heavy (non-hydrogen) atoms. The smallest absolute Gasteiger partial charge is 0.249 e. The molecule has 0 saturated heterocycles. The third-order valence-electron chi connectivity index (χ3n) is 4.43. The number of anilines is 1. The third kappa shape index (κ3) is 6.02. The second-order valence-electron chi connectivity index (χ2n) is 6.91. The van der Waals surface area contributed by atoms with E-state index >= 15 is 0 Å². The lowest BCUT2D eigenvalue weighted by Gasteiger charge is -2.09. The highest BCUT2D eigenvalue weighted by molar-refractivity contribution is 6.30. The van der Waals surface area contributed by atoms with Crippen LogP contribution in [-0.4, -0.2) is 25.9 Å². The zero-order chi connectivity index (χ0) is 22.2. The summed E-state index contributed by atoms with van der Waals surface area (Å²) in [6.07, 6.45) is 6.58. The number of halogens is 1. The molecule has 0 radical (unpaired) electrons. The predicted molar refractivity (Wildman–Crippen MR) is 123 cm³/mol. The first-order valence-electron chi connectivity index (χ1n) is 9.91. The second kappa shape index (κ2) is 10.4. The average molecular weight is 446 g/mol. The van der Waals surface area contributed by atoms with E-state index in [4.69, 9.17) is 16.3 Å². The van der Waals surface area contributed by atoms with Gasteiger partial charge in [0.15, 0.2) is 11.6 Å². The van der Waals surface area contributed by atoms with Crippen LogP contribution < -0.4 is 10.1 Å². The van der Waals surface area contributed by atoms with Gasteiger partial charge in [-0.3, -0.25) is 4.79 Å². The summed E-state index contributed by atoms with van der Waals surface area (Å²) < 4.78 is 7.54. The number of pyridine rings is 1. The summed E-state index contributed by atoms with van der Waals surface area (Å²) in [5.74, 6) is 0.477. The van der Waals surface area contributed by atoms with Crippen LogP contribution in [0.2, 0.25) is 5.02 Å². The molecule has 0 aliphatic carbocycles. The maximum atomic E-state index is 12.3. The number of benzene rings is 2. The van der Waals surface area contributed by atoms with Gasteiger partial charge in [-0.05, 0) is 41.5 Å². The predicted octanol–water partition coefficient (Wildman–Crippen LogP) is 4.61. The molecule has 0 aliphatic rings. The van der Waals surface area contributed by atoms with Crippen LogP contribution in [0.5, 0.6) is 5.75 Å². The molecule has 0 spiro atoms. The van der Waals surface area contributed by atoms with Gasteiger partial charge in [-0.25, -0.2) is 9.67 Å². The molecule has 1 N–H and O–H groups in total. The molecule has 4 aromatic rings. The van der Waals surface area contributed by atoms with E-state index in [1.807, 2.05) is 54.6 Å². The summed E-state index contributed by atoms with van der Waals surface area (Å²) in [4.78, 5) is 16.5. The fourth-order valence-electron chi connectivity index (χ4n) is 2.95. The summed E-state index contributed by atoms with van der Waals surface area (Å²) >= 11 is 6.03. The monoisotopic (exact) mass is 445 g/mol. The van der Waals surface area contributed by atoms with Gasteiger partial charge in [0.25, 0.3) is 0 Å². The first-order valence-corrected chi connectivity index (χ1v) is 10.3. The Morgan fingerprint density at radius 1 is 1.09 bits per heavy atom. The SMILES string of the molecule is O=C(/C=C/c1ccccc1)Nc1ncccc1OCc1cn(Cc2cccc(Cl)c2)nn1. The topological polar surface area (TPSA) is 81.9 Å². The molecule has 2 aromatic carbocycles. The van der Waals surface area contributed by atoms with Gasteiger partial charge >= 0.3 is 0 Å². The Bertz CT molecular complexity index is 1220. The van der Waals surface area contributed by atoms with Crippen molar-refractivity contribution in [3.05, 3.63) is 107 Å². The number of nitrogens with zero attached hydrogens (tertiary/aromatic N) is 4. The Labute approximate surface area is 190 Å². The van der Waals surface area contributed by atoms with Crippen LogP contribution >= 0.6 is 11.6 Å². The van der Waals surface area contributed by atoms with Crippen LogP contribution in [0, 0.1) is 0 Å². The Morgan fingerprint density at radius 2 is 1.97 bits per heavy atom. The highest BCUT2D eigenvalue weighted by Gasteiger charge is 2.09. The van der Waals surface area contributed by atoms with Crippen LogP contribution in [0.4, 0.5) is 5.82 Å². The number of aromatic nitrogens is 4. The molecule has 0 bridgehead atoms. The number of carbonyl (C=O) groups is 1. The second-order valence-corrected chi connectivity index (χ2v) is 7.35. The van der Waals surface area contributed by atoms with Crippen molar-refractivity contribution in [3.8, 4) is 5.75 Å². The van der Waals surface area contributed by atoms with E-state index in [0.29, 0.717) is 28.8 Å². The quantitative estimate of drug-likeness (QED) is 0.400. The summed E-state index contributed by atoms with van der Waals surface area (Å²) in [6, 6.07) is 20.6. The van der Waals surface area contributed by atoms with Gasteiger partial charge in [0, 0.05) is 17.3 Å². The number of hydrogen-bond acceptors (Lipinski definition) is 5. The Morgan fingerprint density at radius 3 is 2.81 bits per heavy atom. The molecule has 2 aromatic heterocycles. The Balaban J connectivity index is 1.36. The van der Waals surface area contributed by atoms with Crippen molar-refractivity contribution in [2.45, 2.75) is 13.2 Å². The summed E-state index contributed by atoms with van der Waals surface area (Å²) in [6.45, 7) is 0.736. The lowest BCUT2D eigenvalue weighted by Crippen LogP contribution is -2.11. The molecule has 7 nitrogen and oxygen atoms in total. The first kappa shape index (κ1) is 21.3. The molecule has 1 amide bonds. The molecule has 0 atom stereocenters. The van der Waals surface area contributed by atoms with Crippen LogP contribution in [-0.2, 0) is 17.9 Å². The Kier molecular flexibility index (Phi) is 6.89. The standard InChI is InChI=1S/C24H20ClN5O2/c25-20-9-4-8-19(14-20)15-30-16-21(28-29-30)17-32-22-10-5-13-26-24(22)27-23(31)12-11-18-6-2-1-3-7-18/h1-14,16H,15,17H2,(H,26,27,31)/b12-11+. The minimum absolute atomic E-state index is 0.184.